The standard InChI is InChI=1S/C16H26N3O4P/c1-3-12-11-6-5-8-19(11)24(22-12)23-14-10-15(21-13(14)4-2)18-9-7-17-16(18)20/h7,9,11-15H,3-6,8,10H2,1-2H3,(H,17,20)/t11-,12+,13+,14?,15+,24+/m0/s1. The Morgan fingerprint density at radius 3 is 2.92 bits per heavy atom. The minimum atomic E-state index is -1.00. The van der Waals surface area contributed by atoms with E-state index in [1.807, 2.05) is 0 Å². The quantitative estimate of drug-likeness (QED) is 0.823. The molecule has 0 saturated carbocycles. The van der Waals surface area contributed by atoms with E-state index in [-0.39, 0.29) is 24.1 Å². The van der Waals surface area contributed by atoms with Crippen LogP contribution >= 0.6 is 8.53 Å². The highest BCUT2D eigenvalue weighted by Crippen LogP contribution is 2.58. The lowest BCUT2D eigenvalue weighted by molar-refractivity contribution is -0.0181. The summed E-state index contributed by atoms with van der Waals surface area (Å²) in [5.41, 5.74) is -0.135. The summed E-state index contributed by atoms with van der Waals surface area (Å²) in [6, 6.07) is 0.520. The monoisotopic (exact) mass is 355 g/mol. The van der Waals surface area contributed by atoms with Gasteiger partial charge in [-0.1, -0.05) is 13.8 Å². The third kappa shape index (κ3) is 2.86. The van der Waals surface area contributed by atoms with Gasteiger partial charge in [0.15, 0.2) is 0 Å². The summed E-state index contributed by atoms with van der Waals surface area (Å²) in [6.07, 6.45) is 8.43. The van der Waals surface area contributed by atoms with Gasteiger partial charge in [0.25, 0.3) is 8.53 Å². The van der Waals surface area contributed by atoms with E-state index in [9.17, 15) is 4.79 Å². The second-order valence-electron chi connectivity index (χ2n) is 6.75. The van der Waals surface area contributed by atoms with Gasteiger partial charge >= 0.3 is 5.69 Å². The number of hydrogen-bond acceptors (Lipinski definition) is 5. The number of fused-ring (bicyclic) bond motifs is 1. The Labute approximate surface area is 143 Å². The highest BCUT2D eigenvalue weighted by molar-refractivity contribution is 7.45. The number of hydrogen-bond donors (Lipinski definition) is 1. The van der Waals surface area contributed by atoms with E-state index >= 15 is 0 Å². The molecule has 0 bridgehead atoms. The molecule has 8 heteroatoms. The molecule has 1 aromatic rings. The number of nitrogens with zero attached hydrogens (tertiary/aromatic N) is 2. The summed E-state index contributed by atoms with van der Waals surface area (Å²) >= 11 is 0. The molecule has 1 N–H and O–H groups in total. The maximum Gasteiger partial charge on any atom is 0.327 e. The molecule has 4 rings (SSSR count). The van der Waals surface area contributed by atoms with Crippen molar-refractivity contribution >= 4 is 8.53 Å². The minimum absolute atomic E-state index is 0.00429. The van der Waals surface area contributed by atoms with Gasteiger partial charge in [0.05, 0.1) is 18.3 Å². The maximum atomic E-state index is 11.8. The number of ether oxygens (including phenoxy) is 1. The third-order valence-electron chi connectivity index (χ3n) is 5.33. The van der Waals surface area contributed by atoms with Crippen LogP contribution in [-0.4, -0.2) is 45.1 Å². The predicted molar refractivity (Wildman–Crippen MR) is 90.6 cm³/mol. The fourth-order valence-electron chi connectivity index (χ4n) is 4.05. The van der Waals surface area contributed by atoms with Crippen LogP contribution in [0.5, 0.6) is 0 Å². The van der Waals surface area contributed by atoms with Crippen molar-refractivity contribution in [1.29, 1.82) is 0 Å². The lowest BCUT2D eigenvalue weighted by Gasteiger charge is -2.25. The molecule has 3 saturated heterocycles. The van der Waals surface area contributed by atoms with Crippen LogP contribution in [0.15, 0.2) is 17.2 Å². The van der Waals surface area contributed by atoms with Crippen LogP contribution in [0.2, 0.25) is 0 Å². The molecule has 7 nitrogen and oxygen atoms in total. The molecule has 3 aliphatic rings. The van der Waals surface area contributed by atoms with Gasteiger partial charge in [-0.05, 0) is 25.7 Å². The van der Waals surface area contributed by atoms with Gasteiger partial charge in [-0.2, -0.15) is 0 Å². The molecule has 0 amide bonds. The topological polar surface area (TPSA) is 68.7 Å². The van der Waals surface area contributed by atoms with Gasteiger partial charge in [-0.3, -0.25) is 4.57 Å². The first-order chi connectivity index (χ1) is 11.7. The number of aromatic nitrogens is 2. The fraction of sp³-hybridized carbons (Fsp3) is 0.812. The van der Waals surface area contributed by atoms with Crippen LogP contribution < -0.4 is 5.69 Å². The second kappa shape index (κ2) is 6.89. The van der Waals surface area contributed by atoms with Gasteiger partial charge in [-0.25, -0.2) is 9.46 Å². The highest BCUT2D eigenvalue weighted by atomic mass is 31.2. The van der Waals surface area contributed by atoms with Gasteiger partial charge in [0.2, 0.25) is 0 Å². The normalized spacial score (nSPS) is 39.6. The average molecular weight is 355 g/mol. The van der Waals surface area contributed by atoms with Crippen molar-refractivity contribution in [2.24, 2.45) is 0 Å². The van der Waals surface area contributed by atoms with Crippen molar-refractivity contribution in [2.75, 3.05) is 6.54 Å². The molecule has 3 fully saturated rings. The molecule has 24 heavy (non-hydrogen) atoms. The van der Waals surface area contributed by atoms with Crippen molar-refractivity contribution in [3.8, 4) is 0 Å². The van der Waals surface area contributed by atoms with Gasteiger partial charge in [0.1, 0.15) is 6.23 Å². The fourth-order valence-corrected chi connectivity index (χ4v) is 6.13. The van der Waals surface area contributed by atoms with Crippen LogP contribution in [0.1, 0.15) is 52.2 Å². The van der Waals surface area contributed by atoms with Crippen LogP contribution in [0.25, 0.3) is 0 Å². The summed E-state index contributed by atoms with van der Waals surface area (Å²) in [6.45, 7) is 5.35. The third-order valence-corrected chi connectivity index (χ3v) is 7.15. The van der Waals surface area contributed by atoms with E-state index in [4.69, 9.17) is 13.8 Å². The zero-order valence-corrected chi connectivity index (χ0v) is 15.2. The first-order valence-electron chi connectivity index (χ1n) is 9.02. The lowest BCUT2D eigenvalue weighted by atomic mass is 10.1. The van der Waals surface area contributed by atoms with E-state index < -0.39 is 8.53 Å². The summed E-state index contributed by atoms with van der Waals surface area (Å²) in [5, 5.41) is 0. The molecular formula is C16H26N3O4P. The van der Waals surface area contributed by atoms with Crippen LogP contribution in [0.3, 0.4) is 0 Å². The van der Waals surface area contributed by atoms with Crippen molar-refractivity contribution in [2.45, 2.75) is 76.5 Å². The zero-order valence-electron chi connectivity index (χ0n) is 14.3. The Bertz CT molecular complexity index is 620. The molecule has 1 aromatic heterocycles. The van der Waals surface area contributed by atoms with E-state index in [1.165, 1.54) is 12.8 Å². The van der Waals surface area contributed by atoms with Crippen LogP contribution in [0.4, 0.5) is 0 Å². The van der Waals surface area contributed by atoms with E-state index in [0.717, 1.165) is 19.4 Å². The zero-order chi connectivity index (χ0) is 16.7. The van der Waals surface area contributed by atoms with Crippen molar-refractivity contribution in [3.63, 3.8) is 0 Å². The minimum Gasteiger partial charge on any atom is -0.352 e. The molecular weight excluding hydrogens is 329 g/mol. The van der Waals surface area contributed by atoms with Gasteiger partial charge in [-0.15, -0.1) is 0 Å². The van der Waals surface area contributed by atoms with Crippen molar-refractivity contribution < 1.29 is 13.8 Å². The second-order valence-corrected chi connectivity index (χ2v) is 8.16. The summed E-state index contributed by atoms with van der Waals surface area (Å²) < 4.78 is 22.7. The first-order valence-corrected chi connectivity index (χ1v) is 10.2. The largest absolute Gasteiger partial charge is 0.352 e. The molecule has 0 spiro atoms. The Morgan fingerprint density at radius 2 is 2.21 bits per heavy atom. The first kappa shape index (κ1) is 16.7. The Kier molecular flexibility index (Phi) is 4.80. The predicted octanol–water partition coefficient (Wildman–Crippen LogP) is 2.76. The number of rotatable bonds is 5. The Morgan fingerprint density at radius 1 is 1.38 bits per heavy atom. The Balaban J connectivity index is 1.46. The molecule has 0 aliphatic carbocycles. The van der Waals surface area contributed by atoms with Crippen molar-refractivity contribution in [3.05, 3.63) is 22.9 Å². The summed E-state index contributed by atoms with van der Waals surface area (Å²) in [7, 11) is -1.00. The van der Waals surface area contributed by atoms with Gasteiger partial charge < -0.3 is 18.8 Å². The number of aromatic amines is 1. The average Bonchev–Trinajstić information content (AvgIpc) is 3.32. The molecule has 6 atom stereocenters. The van der Waals surface area contributed by atoms with Gasteiger partial charge in [0, 0.05) is 31.4 Å². The van der Waals surface area contributed by atoms with Crippen LogP contribution in [-0.2, 0) is 13.8 Å². The SMILES string of the molecule is CC[C@H]1O[C@@H](n2cc[nH]c2=O)CC1O[P@@]1O[C@H](CC)[C@@H]2CCCN21. The highest BCUT2D eigenvalue weighted by Gasteiger charge is 2.48. The van der Waals surface area contributed by atoms with Crippen LogP contribution in [0, 0.1) is 0 Å². The van der Waals surface area contributed by atoms with E-state index in [2.05, 4.69) is 23.5 Å². The number of imidazole rings is 1. The molecule has 3 aliphatic heterocycles. The lowest BCUT2D eigenvalue weighted by Crippen LogP contribution is -2.28. The van der Waals surface area contributed by atoms with E-state index in [0.29, 0.717) is 18.6 Å². The molecule has 4 heterocycles. The number of H-pyrrole nitrogens is 1. The Hall–Kier alpha value is -0.720. The maximum absolute atomic E-state index is 11.8. The molecule has 0 aromatic carbocycles. The molecule has 134 valence electrons. The van der Waals surface area contributed by atoms with E-state index in [1.54, 1.807) is 17.0 Å². The smallest absolute Gasteiger partial charge is 0.327 e. The summed E-state index contributed by atoms with van der Waals surface area (Å²) in [5.74, 6) is 0. The molecule has 0 radical (unpaired) electrons. The molecule has 1 unspecified atom stereocenters. The number of nitrogens with one attached hydrogen (secondary N) is 1. The van der Waals surface area contributed by atoms with Crippen molar-refractivity contribution in [1.82, 2.24) is 14.2 Å². The summed E-state index contributed by atoms with van der Waals surface area (Å²) in [4.78, 5) is 14.5.